The molecule has 3 aromatic rings. The van der Waals surface area contributed by atoms with Crippen molar-refractivity contribution in [2.75, 3.05) is 13.2 Å². The van der Waals surface area contributed by atoms with Crippen LogP contribution in [0.5, 0.6) is 0 Å². The predicted octanol–water partition coefficient (Wildman–Crippen LogP) is 4.73. The molecule has 1 fully saturated rings. The van der Waals surface area contributed by atoms with Gasteiger partial charge in [0, 0.05) is 33.3 Å². The largest absolute Gasteiger partial charge is 0.421 e. The van der Waals surface area contributed by atoms with Crippen LogP contribution in [0.15, 0.2) is 54.7 Å². The number of pyridine rings is 1. The number of aliphatic hydroxyl groups is 2. The van der Waals surface area contributed by atoms with Crippen molar-refractivity contribution in [2.45, 2.75) is 43.3 Å². The van der Waals surface area contributed by atoms with Crippen LogP contribution < -0.4 is 0 Å². The van der Waals surface area contributed by atoms with Crippen molar-refractivity contribution in [3.63, 3.8) is 0 Å². The monoisotopic (exact) mass is 569 g/mol. The molecule has 7 nitrogen and oxygen atoms in total. The minimum Gasteiger partial charge on any atom is -0.396 e. The van der Waals surface area contributed by atoms with Gasteiger partial charge >= 0.3 is 6.18 Å². The highest BCUT2D eigenvalue weighted by molar-refractivity contribution is 6.30. The van der Waals surface area contributed by atoms with E-state index in [9.17, 15) is 28.2 Å². The SMILES string of the molecule is CC(O)(c1cc2c3c(c1)C1CC1(CO)CO[C@@]3(c1ccc(Cl)cc1)N(Cc1ccc(C#N)cn1)C2=O)C(F)(F)F. The van der Waals surface area contributed by atoms with E-state index in [0.717, 1.165) is 6.07 Å². The molecule has 11 heteroatoms. The van der Waals surface area contributed by atoms with Crippen LogP contribution in [0, 0.1) is 16.7 Å². The van der Waals surface area contributed by atoms with E-state index in [1.165, 1.54) is 17.2 Å². The maximum atomic E-state index is 14.2. The van der Waals surface area contributed by atoms with Crippen LogP contribution >= 0.6 is 11.6 Å². The third-order valence-electron chi connectivity index (χ3n) is 8.44. The third-order valence-corrected chi connectivity index (χ3v) is 8.69. The Morgan fingerprint density at radius 2 is 1.95 bits per heavy atom. The number of carbonyl (C=O) groups is 1. The van der Waals surface area contributed by atoms with Gasteiger partial charge in [-0.05, 0) is 60.7 Å². The molecule has 0 saturated heterocycles. The number of hydrogen-bond donors (Lipinski definition) is 2. The van der Waals surface area contributed by atoms with Gasteiger partial charge in [0.2, 0.25) is 0 Å². The van der Waals surface area contributed by atoms with Crippen LogP contribution in [0.1, 0.15) is 63.1 Å². The van der Waals surface area contributed by atoms with Crippen molar-refractivity contribution in [2.24, 2.45) is 5.41 Å². The number of fused-ring (bicyclic) bond motifs is 2. The molecule has 3 aliphatic rings. The first-order chi connectivity index (χ1) is 18.9. The van der Waals surface area contributed by atoms with Crippen LogP contribution in [0.25, 0.3) is 0 Å². The fraction of sp³-hybridized carbons (Fsp3) is 0.345. The quantitative estimate of drug-likeness (QED) is 0.460. The van der Waals surface area contributed by atoms with Crippen molar-refractivity contribution in [3.05, 3.63) is 98.8 Å². The molecule has 4 atom stereocenters. The molecule has 1 aliphatic carbocycles. The van der Waals surface area contributed by atoms with E-state index in [1.54, 1.807) is 36.4 Å². The van der Waals surface area contributed by atoms with E-state index < -0.39 is 34.4 Å². The lowest BCUT2D eigenvalue weighted by Gasteiger charge is -2.40. The smallest absolute Gasteiger partial charge is 0.396 e. The van der Waals surface area contributed by atoms with Crippen molar-refractivity contribution < 1.29 is 32.9 Å². The second kappa shape index (κ2) is 8.75. The topological polar surface area (TPSA) is 107 Å². The lowest BCUT2D eigenvalue weighted by molar-refractivity contribution is -0.258. The molecule has 40 heavy (non-hydrogen) atoms. The summed E-state index contributed by atoms with van der Waals surface area (Å²) < 4.78 is 48.5. The zero-order chi connectivity index (χ0) is 28.7. The van der Waals surface area contributed by atoms with E-state index in [4.69, 9.17) is 21.6 Å². The first-order valence-electron chi connectivity index (χ1n) is 12.5. The minimum atomic E-state index is -5.01. The molecule has 2 aromatic carbocycles. The Kier molecular flexibility index (Phi) is 5.85. The average Bonchev–Trinajstić information content (AvgIpc) is 3.63. The molecule has 3 unspecified atom stereocenters. The molecule has 2 N–H and O–H groups in total. The number of hydrogen-bond acceptors (Lipinski definition) is 6. The van der Waals surface area contributed by atoms with Crippen LogP contribution in [-0.2, 0) is 22.6 Å². The first kappa shape index (κ1) is 26.7. The summed E-state index contributed by atoms with van der Waals surface area (Å²) in [6.45, 7) is 0.322. The summed E-state index contributed by atoms with van der Waals surface area (Å²) in [5.41, 5.74) is -3.97. The highest BCUT2D eigenvalue weighted by atomic mass is 35.5. The van der Waals surface area contributed by atoms with E-state index >= 15 is 0 Å². The fourth-order valence-electron chi connectivity index (χ4n) is 5.91. The second-order valence-corrected chi connectivity index (χ2v) is 11.3. The molecule has 1 aromatic heterocycles. The van der Waals surface area contributed by atoms with E-state index in [-0.39, 0.29) is 31.2 Å². The third kappa shape index (κ3) is 3.69. The summed E-state index contributed by atoms with van der Waals surface area (Å²) in [5, 5.41) is 30.5. The molecule has 206 valence electrons. The summed E-state index contributed by atoms with van der Waals surface area (Å²) in [5.74, 6) is -0.987. The lowest BCUT2D eigenvalue weighted by atomic mass is 9.83. The second-order valence-electron chi connectivity index (χ2n) is 10.8. The molecule has 0 spiro atoms. The van der Waals surface area contributed by atoms with Crippen molar-refractivity contribution in [3.8, 4) is 6.07 Å². The maximum Gasteiger partial charge on any atom is 0.421 e. The maximum absolute atomic E-state index is 14.2. The highest BCUT2D eigenvalue weighted by Crippen LogP contribution is 2.66. The summed E-state index contributed by atoms with van der Waals surface area (Å²) in [7, 11) is 0. The summed E-state index contributed by atoms with van der Waals surface area (Å²) in [4.78, 5) is 19.9. The number of nitriles is 1. The zero-order valence-corrected chi connectivity index (χ0v) is 21.9. The summed E-state index contributed by atoms with van der Waals surface area (Å²) in [6, 6.07) is 14.2. The van der Waals surface area contributed by atoms with Gasteiger partial charge < -0.3 is 14.9 Å². The van der Waals surface area contributed by atoms with Gasteiger partial charge in [0.15, 0.2) is 11.3 Å². The van der Waals surface area contributed by atoms with Gasteiger partial charge in [-0.15, -0.1) is 0 Å². The van der Waals surface area contributed by atoms with E-state index in [1.807, 2.05) is 6.07 Å². The Balaban J connectivity index is 1.62. The van der Waals surface area contributed by atoms with Gasteiger partial charge in [-0.2, -0.15) is 18.4 Å². The molecule has 2 aliphatic heterocycles. The number of carbonyl (C=O) groups excluding carboxylic acids is 1. The van der Waals surface area contributed by atoms with Gasteiger partial charge in [0.25, 0.3) is 5.91 Å². The van der Waals surface area contributed by atoms with Crippen LogP contribution in [0.4, 0.5) is 13.2 Å². The number of ether oxygens (including phenoxy) is 1. The minimum absolute atomic E-state index is 0.0266. The number of nitrogens with zero attached hydrogens (tertiary/aromatic N) is 3. The number of aliphatic hydroxyl groups excluding tert-OH is 1. The molecule has 0 bridgehead atoms. The Hall–Kier alpha value is -3.49. The Labute approximate surface area is 232 Å². The number of benzene rings is 2. The first-order valence-corrected chi connectivity index (χ1v) is 12.9. The Morgan fingerprint density at radius 1 is 1.23 bits per heavy atom. The van der Waals surface area contributed by atoms with Crippen LogP contribution in [-0.4, -0.2) is 45.4 Å². The van der Waals surface area contributed by atoms with Gasteiger partial charge in [-0.3, -0.25) is 14.7 Å². The predicted molar refractivity (Wildman–Crippen MR) is 136 cm³/mol. The standard InChI is InChI=1S/C29H23ClF3N3O4/c1-26(39,29(31,32)33)18-8-21-23-10-27(23,14-37)15-40-28(17-3-5-19(30)6-4-17)24(21)22(9-18)25(38)36(28)13-20-7-2-16(11-34)12-35-20/h2-9,12,23,37,39H,10,13-15H2,1H3/t23?,26?,27?,28-/m1/s1. The van der Waals surface area contributed by atoms with E-state index in [2.05, 4.69) is 4.98 Å². The summed E-state index contributed by atoms with van der Waals surface area (Å²) in [6.07, 6.45) is -3.19. The van der Waals surface area contributed by atoms with Crippen molar-refractivity contribution in [1.29, 1.82) is 5.26 Å². The molecule has 0 radical (unpaired) electrons. The Morgan fingerprint density at radius 3 is 2.55 bits per heavy atom. The number of alkyl halides is 3. The lowest BCUT2D eigenvalue weighted by Crippen LogP contribution is -2.47. The van der Waals surface area contributed by atoms with Gasteiger partial charge in [0.1, 0.15) is 6.07 Å². The van der Waals surface area contributed by atoms with Crippen LogP contribution in [0.2, 0.25) is 5.02 Å². The normalized spacial score (nSPS) is 26.4. The number of rotatable bonds is 5. The summed E-state index contributed by atoms with van der Waals surface area (Å²) >= 11 is 6.17. The van der Waals surface area contributed by atoms with Gasteiger partial charge in [-0.25, -0.2) is 0 Å². The molecule has 1 saturated carbocycles. The molecular formula is C29H23ClF3N3O4. The molecule has 6 rings (SSSR count). The molecule has 1 amide bonds. The Bertz CT molecular complexity index is 1570. The van der Waals surface area contributed by atoms with Crippen molar-refractivity contribution >= 4 is 17.5 Å². The van der Waals surface area contributed by atoms with Gasteiger partial charge in [-0.1, -0.05) is 29.8 Å². The number of amides is 1. The number of aromatic nitrogens is 1. The fourth-order valence-corrected chi connectivity index (χ4v) is 6.03. The average molecular weight is 570 g/mol. The van der Waals surface area contributed by atoms with E-state index in [0.29, 0.717) is 46.3 Å². The van der Waals surface area contributed by atoms with Gasteiger partial charge in [0.05, 0.1) is 31.0 Å². The number of halogens is 4. The van der Waals surface area contributed by atoms with Crippen LogP contribution in [0.3, 0.4) is 0 Å². The molecular weight excluding hydrogens is 547 g/mol. The molecule has 3 heterocycles. The highest BCUT2D eigenvalue weighted by Gasteiger charge is 2.65. The van der Waals surface area contributed by atoms with Crippen molar-refractivity contribution in [1.82, 2.24) is 9.88 Å². The zero-order valence-electron chi connectivity index (χ0n) is 21.2.